The highest BCUT2D eigenvalue weighted by Gasteiger charge is 2.29. The molecule has 25 heavy (non-hydrogen) atoms. The van der Waals surface area contributed by atoms with Crippen molar-refractivity contribution >= 4 is 17.7 Å². The van der Waals surface area contributed by atoms with Crippen LogP contribution in [0.1, 0.15) is 11.6 Å². The fraction of sp³-hybridized carbons (Fsp3) is 0.316. The maximum absolute atomic E-state index is 13.0. The van der Waals surface area contributed by atoms with Gasteiger partial charge in [-0.15, -0.1) is 11.8 Å². The summed E-state index contributed by atoms with van der Waals surface area (Å²) < 4.78 is 18.4. The fourth-order valence-corrected chi connectivity index (χ4v) is 3.77. The van der Waals surface area contributed by atoms with Gasteiger partial charge in [-0.05, 0) is 30.3 Å². The van der Waals surface area contributed by atoms with Crippen molar-refractivity contribution in [1.82, 2.24) is 10.2 Å². The van der Waals surface area contributed by atoms with Gasteiger partial charge in [-0.3, -0.25) is 4.79 Å². The lowest BCUT2D eigenvalue weighted by atomic mass is 10.0. The quantitative estimate of drug-likeness (QED) is 0.832. The Morgan fingerprint density at radius 2 is 2.04 bits per heavy atom. The van der Waals surface area contributed by atoms with Gasteiger partial charge in [0.2, 0.25) is 5.91 Å². The van der Waals surface area contributed by atoms with E-state index in [-0.39, 0.29) is 17.8 Å². The van der Waals surface area contributed by atoms with E-state index in [2.05, 4.69) is 5.32 Å². The molecule has 1 fully saturated rings. The predicted octanol–water partition coefficient (Wildman–Crippen LogP) is 3.10. The number of rotatable bonds is 5. The number of methoxy groups -OCH3 is 1. The maximum Gasteiger partial charge on any atom is 0.233 e. The van der Waals surface area contributed by atoms with Crippen LogP contribution < -0.4 is 10.1 Å². The molecule has 1 amide bonds. The molecule has 1 heterocycles. The van der Waals surface area contributed by atoms with Gasteiger partial charge in [0.05, 0.1) is 18.9 Å². The highest BCUT2D eigenvalue weighted by atomic mass is 32.2. The van der Waals surface area contributed by atoms with Crippen molar-refractivity contribution in [3.8, 4) is 5.75 Å². The Balaban J connectivity index is 1.71. The summed E-state index contributed by atoms with van der Waals surface area (Å²) in [7, 11) is 1.64. The molecular formula is C19H21FN2O2S. The van der Waals surface area contributed by atoms with Gasteiger partial charge >= 0.3 is 0 Å². The van der Waals surface area contributed by atoms with Crippen molar-refractivity contribution in [3.05, 3.63) is 59.9 Å². The van der Waals surface area contributed by atoms with Gasteiger partial charge in [-0.2, -0.15) is 0 Å². The summed E-state index contributed by atoms with van der Waals surface area (Å²) in [5, 5.41) is 3.35. The second kappa shape index (κ2) is 8.36. The third-order valence-electron chi connectivity index (χ3n) is 4.24. The van der Waals surface area contributed by atoms with Gasteiger partial charge < -0.3 is 15.0 Å². The molecule has 0 spiro atoms. The molecule has 0 aliphatic carbocycles. The zero-order valence-corrected chi connectivity index (χ0v) is 14.9. The Kier molecular flexibility index (Phi) is 5.94. The molecule has 1 N–H and O–H groups in total. The Labute approximate surface area is 151 Å². The van der Waals surface area contributed by atoms with Crippen LogP contribution in [0.25, 0.3) is 0 Å². The second-order valence-corrected chi connectivity index (χ2v) is 6.84. The van der Waals surface area contributed by atoms with E-state index in [9.17, 15) is 9.18 Å². The molecule has 132 valence electrons. The van der Waals surface area contributed by atoms with Crippen LogP contribution >= 0.6 is 11.8 Å². The van der Waals surface area contributed by atoms with Crippen molar-refractivity contribution in [3.63, 3.8) is 0 Å². The average molecular weight is 360 g/mol. The summed E-state index contributed by atoms with van der Waals surface area (Å²) in [6.07, 6.45) is 0. The fourth-order valence-electron chi connectivity index (χ4n) is 2.98. The molecule has 0 saturated carbocycles. The first-order chi connectivity index (χ1) is 12.2. The van der Waals surface area contributed by atoms with Gasteiger partial charge in [0.1, 0.15) is 11.6 Å². The van der Waals surface area contributed by atoms with Gasteiger partial charge in [-0.25, -0.2) is 4.39 Å². The predicted molar refractivity (Wildman–Crippen MR) is 97.4 cm³/mol. The maximum atomic E-state index is 13.0. The molecule has 2 aromatic rings. The van der Waals surface area contributed by atoms with E-state index in [1.165, 1.54) is 23.9 Å². The van der Waals surface area contributed by atoms with E-state index < -0.39 is 0 Å². The van der Waals surface area contributed by atoms with Gasteiger partial charge in [0.25, 0.3) is 0 Å². The van der Waals surface area contributed by atoms with Crippen molar-refractivity contribution < 1.29 is 13.9 Å². The van der Waals surface area contributed by atoms with Gasteiger partial charge in [0.15, 0.2) is 0 Å². The smallest absolute Gasteiger partial charge is 0.233 e. The van der Waals surface area contributed by atoms with E-state index in [0.29, 0.717) is 18.8 Å². The van der Waals surface area contributed by atoms with Crippen LogP contribution in [0, 0.1) is 5.82 Å². The molecule has 1 aliphatic heterocycles. The Bertz CT molecular complexity index is 724. The van der Waals surface area contributed by atoms with E-state index in [4.69, 9.17) is 4.74 Å². The van der Waals surface area contributed by atoms with Crippen LogP contribution in [0.4, 0.5) is 4.39 Å². The minimum Gasteiger partial charge on any atom is -0.496 e. The monoisotopic (exact) mass is 360 g/mol. The molecule has 3 rings (SSSR count). The number of nitrogens with zero attached hydrogens (tertiary/aromatic N) is 1. The van der Waals surface area contributed by atoms with Crippen molar-refractivity contribution in [1.29, 1.82) is 0 Å². The molecule has 2 aromatic carbocycles. The van der Waals surface area contributed by atoms with Crippen LogP contribution in [-0.4, -0.2) is 43.3 Å². The molecule has 4 nitrogen and oxygen atoms in total. The topological polar surface area (TPSA) is 41.6 Å². The minimum absolute atomic E-state index is 0.0498. The molecule has 0 aromatic heterocycles. The first-order valence-corrected chi connectivity index (χ1v) is 9.19. The minimum atomic E-state index is -0.269. The lowest BCUT2D eigenvalue weighted by molar-refractivity contribution is -0.131. The number of hydrogen-bond donors (Lipinski definition) is 1. The number of carbonyl (C=O) groups is 1. The Hall–Kier alpha value is -2.05. The molecule has 1 aliphatic rings. The summed E-state index contributed by atoms with van der Waals surface area (Å²) in [6, 6.07) is 14.0. The van der Waals surface area contributed by atoms with Crippen LogP contribution in [0.15, 0.2) is 53.4 Å². The summed E-state index contributed by atoms with van der Waals surface area (Å²) in [6.45, 7) is 2.14. The van der Waals surface area contributed by atoms with E-state index in [1.807, 2.05) is 29.2 Å². The molecule has 0 bridgehead atoms. The van der Waals surface area contributed by atoms with Crippen molar-refractivity contribution in [2.45, 2.75) is 10.9 Å². The van der Waals surface area contributed by atoms with Crippen LogP contribution in [0.5, 0.6) is 5.75 Å². The normalized spacial score (nSPS) is 17.4. The number of para-hydroxylation sites is 1. The number of halogens is 1. The van der Waals surface area contributed by atoms with E-state index in [1.54, 1.807) is 19.2 Å². The highest BCUT2D eigenvalue weighted by molar-refractivity contribution is 8.00. The second-order valence-electron chi connectivity index (χ2n) is 5.79. The highest BCUT2D eigenvalue weighted by Crippen LogP contribution is 2.31. The number of thioether (sulfide) groups is 1. The summed E-state index contributed by atoms with van der Waals surface area (Å²) in [4.78, 5) is 15.6. The van der Waals surface area contributed by atoms with E-state index in [0.717, 1.165) is 22.8 Å². The molecule has 0 radical (unpaired) electrons. The first kappa shape index (κ1) is 17.8. The molecule has 1 saturated heterocycles. The number of amides is 1. The van der Waals surface area contributed by atoms with Crippen LogP contribution in [-0.2, 0) is 4.79 Å². The lowest BCUT2D eigenvalue weighted by Crippen LogP contribution is -2.49. The zero-order chi connectivity index (χ0) is 17.6. The van der Waals surface area contributed by atoms with Crippen molar-refractivity contribution in [2.24, 2.45) is 0 Å². The largest absolute Gasteiger partial charge is 0.496 e. The SMILES string of the molecule is COc1ccccc1C1CNCCN1C(=O)CSc1ccc(F)cc1. The number of piperazine rings is 1. The molecular weight excluding hydrogens is 339 g/mol. The molecule has 1 unspecified atom stereocenters. The number of hydrogen-bond acceptors (Lipinski definition) is 4. The number of carbonyl (C=O) groups excluding carboxylic acids is 1. The molecule has 6 heteroatoms. The average Bonchev–Trinajstić information content (AvgIpc) is 2.67. The summed E-state index contributed by atoms with van der Waals surface area (Å²) in [5.41, 5.74) is 1.01. The third kappa shape index (κ3) is 4.32. The molecule has 1 atom stereocenters. The van der Waals surface area contributed by atoms with Gasteiger partial charge in [0, 0.05) is 30.1 Å². The number of ether oxygens (including phenoxy) is 1. The summed E-state index contributed by atoms with van der Waals surface area (Å²) in [5.74, 6) is 0.929. The number of nitrogens with one attached hydrogen (secondary N) is 1. The Morgan fingerprint density at radius 1 is 1.28 bits per heavy atom. The van der Waals surface area contributed by atoms with Crippen LogP contribution in [0.2, 0.25) is 0 Å². The lowest BCUT2D eigenvalue weighted by Gasteiger charge is -2.37. The standard InChI is InChI=1S/C19H21FN2O2S/c1-24-18-5-3-2-4-16(18)17-12-21-10-11-22(17)19(23)13-25-15-8-6-14(20)7-9-15/h2-9,17,21H,10-13H2,1H3. The first-order valence-electron chi connectivity index (χ1n) is 8.20. The zero-order valence-electron chi connectivity index (χ0n) is 14.1. The summed E-state index contributed by atoms with van der Waals surface area (Å²) >= 11 is 1.43. The number of benzene rings is 2. The third-order valence-corrected chi connectivity index (χ3v) is 5.23. The van der Waals surface area contributed by atoms with E-state index >= 15 is 0 Å². The Morgan fingerprint density at radius 3 is 2.80 bits per heavy atom. The van der Waals surface area contributed by atoms with Gasteiger partial charge in [-0.1, -0.05) is 18.2 Å². The van der Waals surface area contributed by atoms with Crippen molar-refractivity contribution in [2.75, 3.05) is 32.5 Å². The van der Waals surface area contributed by atoms with Crippen LogP contribution in [0.3, 0.4) is 0 Å².